The van der Waals surface area contributed by atoms with E-state index in [1.807, 2.05) is 6.07 Å². The first-order valence-electron chi connectivity index (χ1n) is 8.37. The third-order valence-corrected chi connectivity index (χ3v) is 4.94. The molecule has 0 aliphatic heterocycles. The maximum absolute atomic E-state index is 12.9. The second-order valence-corrected chi connectivity index (χ2v) is 7.39. The van der Waals surface area contributed by atoms with Crippen molar-refractivity contribution < 1.29 is 14.0 Å². The van der Waals surface area contributed by atoms with Crippen LogP contribution in [0.2, 0.25) is 0 Å². The number of hydrazine groups is 1. The lowest BCUT2D eigenvalue weighted by molar-refractivity contribution is -0.125. The quantitative estimate of drug-likeness (QED) is 0.378. The van der Waals surface area contributed by atoms with Gasteiger partial charge in [0.1, 0.15) is 5.82 Å². The molecule has 28 heavy (non-hydrogen) atoms. The lowest BCUT2D eigenvalue weighted by atomic mass is 10.2. The Balaban J connectivity index is 1.86. The second-order valence-electron chi connectivity index (χ2n) is 5.96. The summed E-state index contributed by atoms with van der Waals surface area (Å²) in [4.78, 5) is 26.4. The van der Waals surface area contributed by atoms with Crippen molar-refractivity contribution in [2.24, 2.45) is 0 Å². The summed E-state index contributed by atoms with van der Waals surface area (Å²) < 4.78 is 12.9. The lowest BCUT2D eigenvalue weighted by Crippen LogP contribution is -2.46. The van der Waals surface area contributed by atoms with E-state index in [2.05, 4.69) is 16.2 Å². The van der Waals surface area contributed by atoms with E-state index in [-0.39, 0.29) is 28.5 Å². The molecule has 3 N–H and O–H groups in total. The SMILES string of the molecule is CN(C)C(=O)CSc1ccccc1C(=O)NNC(=S)NCc1ccc(F)cc1. The molecule has 0 fully saturated rings. The van der Waals surface area contributed by atoms with Crippen molar-refractivity contribution in [2.75, 3.05) is 19.8 Å². The maximum atomic E-state index is 12.9. The molecular formula is C19H21FN4O2S2. The van der Waals surface area contributed by atoms with E-state index < -0.39 is 0 Å². The third-order valence-electron chi connectivity index (χ3n) is 3.64. The molecule has 0 heterocycles. The van der Waals surface area contributed by atoms with Gasteiger partial charge >= 0.3 is 0 Å². The van der Waals surface area contributed by atoms with Gasteiger partial charge in [0.2, 0.25) is 5.91 Å². The highest BCUT2D eigenvalue weighted by Crippen LogP contribution is 2.22. The van der Waals surface area contributed by atoms with Crippen LogP contribution in [0.15, 0.2) is 53.4 Å². The molecule has 9 heteroatoms. The van der Waals surface area contributed by atoms with E-state index >= 15 is 0 Å². The first-order valence-corrected chi connectivity index (χ1v) is 9.77. The van der Waals surface area contributed by atoms with Gasteiger partial charge < -0.3 is 10.2 Å². The van der Waals surface area contributed by atoms with Crippen molar-refractivity contribution in [3.8, 4) is 0 Å². The van der Waals surface area contributed by atoms with Crippen LogP contribution < -0.4 is 16.2 Å². The van der Waals surface area contributed by atoms with E-state index in [0.29, 0.717) is 17.0 Å². The van der Waals surface area contributed by atoms with Crippen LogP contribution in [0.5, 0.6) is 0 Å². The largest absolute Gasteiger partial charge is 0.357 e. The Morgan fingerprint density at radius 3 is 2.43 bits per heavy atom. The van der Waals surface area contributed by atoms with Crippen LogP contribution in [-0.2, 0) is 11.3 Å². The maximum Gasteiger partial charge on any atom is 0.270 e. The van der Waals surface area contributed by atoms with Crippen molar-refractivity contribution in [1.29, 1.82) is 0 Å². The van der Waals surface area contributed by atoms with Gasteiger partial charge in [0.05, 0.1) is 11.3 Å². The molecule has 0 saturated carbocycles. The number of hydrogen-bond donors (Lipinski definition) is 3. The molecule has 2 aromatic rings. The molecule has 2 aromatic carbocycles. The molecule has 2 amide bonds. The first-order chi connectivity index (χ1) is 13.4. The van der Waals surface area contributed by atoms with Crippen LogP contribution in [-0.4, -0.2) is 41.7 Å². The fraction of sp³-hybridized carbons (Fsp3) is 0.211. The Morgan fingerprint density at radius 1 is 1.07 bits per heavy atom. The molecule has 0 spiro atoms. The number of hydrogen-bond acceptors (Lipinski definition) is 4. The van der Waals surface area contributed by atoms with Crippen molar-refractivity contribution in [2.45, 2.75) is 11.4 Å². The predicted molar refractivity (Wildman–Crippen MR) is 112 cm³/mol. The smallest absolute Gasteiger partial charge is 0.270 e. The number of carbonyl (C=O) groups is 2. The molecule has 0 bridgehead atoms. The number of thiocarbonyl (C=S) groups is 1. The van der Waals surface area contributed by atoms with Gasteiger partial charge in [-0.15, -0.1) is 11.8 Å². The van der Waals surface area contributed by atoms with Gasteiger partial charge in [-0.3, -0.25) is 20.4 Å². The number of amides is 2. The Morgan fingerprint density at radius 2 is 1.75 bits per heavy atom. The van der Waals surface area contributed by atoms with Crippen LogP contribution in [0, 0.1) is 5.82 Å². The van der Waals surface area contributed by atoms with Crippen LogP contribution >= 0.6 is 24.0 Å². The van der Waals surface area contributed by atoms with E-state index in [9.17, 15) is 14.0 Å². The van der Waals surface area contributed by atoms with E-state index in [0.717, 1.165) is 5.56 Å². The Bertz CT molecular complexity index is 844. The minimum atomic E-state index is -0.369. The van der Waals surface area contributed by atoms with Gasteiger partial charge in [-0.25, -0.2) is 4.39 Å². The molecule has 0 saturated heterocycles. The highest BCUT2D eigenvalue weighted by Gasteiger charge is 2.13. The zero-order chi connectivity index (χ0) is 20.5. The summed E-state index contributed by atoms with van der Waals surface area (Å²) in [5, 5.41) is 3.15. The average molecular weight is 421 g/mol. The normalized spacial score (nSPS) is 10.1. The zero-order valence-corrected chi connectivity index (χ0v) is 17.1. The summed E-state index contributed by atoms with van der Waals surface area (Å²) in [5.74, 6) is -0.473. The van der Waals surface area contributed by atoms with Crippen molar-refractivity contribution >= 4 is 40.9 Å². The molecule has 6 nitrogen and oxygen atoms in total. The number of halogens is 1. The number of thioether (sulfide) groups is 1. The molecule has 0 aromatic heterocycles. The summed E-state index contributed by atoms with van der Waals surface area (Å²) in [6.45, 7) is 0.390. The van der Waals surface area contributed by atoms with E-state index in [4.69, 9.17) is 12.2 Å². The molecular weight excluding hydrogens is 399 g/mol. The Kier molecular flexibility index (Phi) is 8.21. The molecule has 0 aliphatic carbocycles. The zero-order valence-electron chi connectivity index (χ0n) is 15.5. The average Bonchev–Trinajstić information content (AvgIpc) is 2.69. The van der Waals surface area contributed by atoms with Crippen LogP contribution in [0.4, 0.5) is 4.39 Å². The topological polar surface area (TPSA) is 73.5 Å². The molecule has 148 valence electrons. The van der Waals surface area contributed by atoms with Crippen LogP contribution in [0.1, 0.15) is 15.9 Å². The second kappa shape index (κ2) is 10.6. The summed E-state index contributed by atoms with van der Waals surface area (Å²) in [6.07, 6.45) is 0. The molecule has 0 aliphatic rings. The summed E-state index contributed by atoms with van der Waals surface area (Å²) in [5.41, 5.74) is 6.46. The number of carbonyl (C=O) groups excluding carboxylic acids is 2. The summed E-state index contributed by atoms with van der Waals surface area (Å²) in [7, 11) is 3.37. The van der Waals surface area contributed by atoms with Gasteiger partial charge in [0.25, 0.3) is 5.91 Å². The van der Waals surface area contributed by atoms with E-state index in [1.165, 1.54) is 28.8 Å². The van der Waals surface area contributed by atoms with Crippen molar-refractivity contribution in [3.05, 3.63) is 65.5 Å². The van der Waals surface area contributed by atoms with Crippen molar-refractivity contribution in [3.63, 3.8) is 0 Å². The predicted octanol–water partition coefficient (Wildman–Crippen LogP) is 2.32. The highest BCUT2D eigenvalue weighted by atomic mass is 32.2. The number of nitrogens with one attached hydrogen (secondary N) is 3. The summed E-state index contributed by atoms with van der Waals surface area (Å²) >= 11 is 6.42. The number of nitrogens with zero attached hydrogens (tertiary/aromatic N) is 1. The minimum Gasteiger partial charge on any atom is -0.357 e. The first kappa shape index (κ1) is 21.6. The number of rotatable bonds is 6. The fourth-order valence-corrected chi connectivity index (χ4v) is 3.21. The standard InChI is InChI=1S/C19H21FN4O2S2/c1-24(2)17(25)12-28-16-6-4-3-5-15(16)18(26)22-23-19(27)21-11-13-7-9-14(20)10-8-13/h3-10H,11-12H2,1-2H3,(H,22,26)(H2,21,23,27). The molecule has 0 unspecified atom stereocenters. The van der Waals surface area contributed by atoms with Gasteiger partial charge in [-0.2, -0.15) is 0 Å². The highest BCUT2D eigenvalue weighted by molar-refractivity contribution is 8.00. The monoisotopic (exact) mass is 420 g/mol. The van der Waals surface area contributed by atoms with Gasteiger partial charge in [-0.1, -0.05) is 24.3 Å². The van der Waals surface area contributed by atoms with Crippen LogP contribution in [0.25, 0.3) is 0 Å². The van der Waals surface area contributed by atoms with Gasteiger partial charge in [0, 0.05) is 25.5 Å². The fourth-order valence-electron chi connectivity index (χ4n) is 2.06. The van der Waals surface area contributed by atoms with E-state index in [1.54, 1.807) is 44.4 Å². The lowest BCUT2D eigenvalue weighted by Gasteiger charge is -2.14. The number of benzene rings is 2. The Labute approximate surface area is 172 Å². The van der Waals surface area contributed by atoms with Crippen molar-refractivity contribution in [1.82, 2.24) is 21.1 Å². The Hall–Kier alpha value is -2.65. The molecule has 2 rings (SSSR count). The summed E-state index contributed by atoms with van der Waals surface area (Å²) in [6, 6.07) is 13.0. The molecule has 0 radical (unpaired) electrons. The molecule has 0 atom stereocenters. The van der Waals surface area contributed by atoms with Gasteiger partial charge in [0.15, 0.2) is 5.11 Å². The van der Waals surface area contributed by atoms with Gasteiger partial charge in [-0.05, 0) is 42.0 Å². The third kappa shape index (κ3) is 6.82. The minimum absolute atomic E-state index is 0.0375. The van der Waals surface area contributed by atoms with Crippen LogP contribution in [0.3, 0.4) is 0 Å².